The van der Waals surface area contributed by atoms with E-state index in [1.165, 1.54) is 17.0 Å². The van der Waals surface area contributed by atoms with Crippen LogP contribution in [0.4, 0.5) is 8.78 Å². The number of benzene rings is 2. The van der Waals surface area contributed by atoms with Gasteiger partial charge in [-0.25, -0.2) is 8.78 Å². The van der Waals surface area contributed by atoms with Gasteiger partial charge in [0, 0.05) is 24.2 Å². The fourth-order valence-corrected chi connectivity index (χ4v) is 3.19. The normalized spacial score (nSPS) is 15.6. The largest absolute Gasteiger partial charge is 0.493 e. The summed E-state index contributed by atoms with van der Waals surface area (Å²) in [5, 5.41) is 8.99. The highest BCUT2D eigenvalue weighted by atomic mass is 19.2. The molecule has 142 valence electrons. The summed E-state index contributed by atoms with van der Waals surface area (Å²) in [5.41, 5.74) is 0.725. The lowest BCUT2D eigenvalue weighted by Gasteiger charge is -2.31. The van der Waals surface area contributed by atoms with Crippen molar-refractivity contribution < 1.29 is 28.2 Å². The number of para-hydroxylation sites is 1. The van der Waals surface area contributed by atoms with Crippen LogP contribution in [0, 0.1) is 11.6 Å². The predicted octanol–water partition coefficient (Wildman–Crippen LogP) is 3.33. The fraction of sp³-hybridized carbons (Fsp3) is 0.300. The van der Waals surface area contributed by atoms with E-state index in [-0.39, 0.29) is 31.0 Å². The number of carbonyl (C=O) groups is 2. The number of rotatable bonds is 6. The molecule has 5 nitrogen and oxygen atoms in total. The van der Waals surface area contributed by atoms with Crippen LogP contribution in [0.1, 0.15) is 29.9 Å². The third kappa shape index (κ3) is 4.24. The summed E-state index contributed by atoms with van der Waals surface area (Å²) in [6.07, 6.45) is 0.151. The molecule has 2 aromatic carbocycles. The molecule has 27 heavy (non-hydrogen) atoms. The molecule has 1 heterocycles. The van der Waals surface area contributed by atoms with E-state index in [1.807, 2.05) is 0 Å². The number of nitrogens with zero attached hydrogens (tertiary/aromatic N) is 1. The number of fused-ring (bicyclic) bond motifs is 1. The molecule has 0 fully saturated rings. The Kier molecular flexibility index (Phi) is 5.69. The van der Waals surface area contributed by atoms with Gasteiger partial charge in [0.25, 0.3) is 0 Å². The lowest BCUT2D eigenvalue weighted by atomic mass is 9.91. The van der Waals surface area contributed by atoms with E-state index in [4.69, 9.17) is 9.84 Å². The van der Waals surface area contributed by atoms with Crippen LogP contribution in [0.3, 0.4) is 0 Å². The van der Waals surface area contributed by atoms with Crippen LogP contribution in [-0.4, -0.2) is 35.0 Å². The minimum atomic E-state index is -1.07. The second-order valence-corrected chi connectivity index (χ2v) is 6.34. The Hall–Kier alpha value is -2.96. The van der Waals surface area contributed by atoms with Crippen molar-refractivity contribution in [2.45, 2.75) is 25.3 Å². The molecule has 0 unspecified atom stereocenters. The minimum absolute atomic E-state index is 0.00841. The van der Waals surface area contributed by atoms with Gasteiger partial charge in [0.1, 0.15) is 5.75 Å². The third-order valence-electron chi connectivity index (χ3n) is 4.56. The van der Waals surface area contributed by atoms with Crippen LogP contribution in [-0.2, 0) is 16.1 Å². The number of halogens is 2. The number of aliphatic carboxylic acids is 1. The number of carboxylic acid groups (broad SMARTS) is 1. The lowest BCUT2D eigenvalue weighted by Crippen LogP contribution is -2.38. The first-order valence-corrected chi connectivity index (χ1v) is 8.62. The Morgan fingerprint density at radius 3 is 2.70 bits per heavy atom. The number of hydrogen-bond acceptors (Lipinski definition) is 3. The molecule has 0 aliphatic carbocycles. The zero-order chi connectivity index (χ0) is 19.4. The van der Waals surface area contributed by atoms with Gasteiger partial charge in [0.2, 0.25) is 5.91 Å². The van der Waals surface area contributed by atoms with Gasteiger partial charge in [-0.1, -0.05) is 30.3 Å². The van der Waals surface area contributed by atoms with Crippen molar-refractivity contribution in [3.8, 4) is 5.75 Å². The smallest absolute Gasteiger partial charge is 0.305 e. The molecule has 1 aliphatic rings. The standard InChI is InChI=1S/C20H19F2NO4/c21-16-6-3-4-13(19(16)22)12-23(10-8-18(24)25)20(26)15-9-11-27-17-7-2-1-5-14(15)17/h1-7,15H,8-12H2,(H,24,25)/t15-/m0/s1. The minimum Gasteiger partial charge on any atom is -0.493 e. The van der Waals surface area contributed by atoms with Crippen molar-refractivity contribution in [2.75, 3.05) is 13.2 Å². The molecule has 0 saturated heterocycles. The van der Waals surface area contributed by atoms with Crippen LogP contribution in [0.15, 0.2) is 42.5 Å². The van der Waals surface area contributed by atoms with Gasteiger partial charge in [-0.15, -0.1) is 0 Å². The Morgan fingerprint density at radius 1 is 1.15 bits per heavy atom. The molecular weight excluding hydrogens is 356 g/mol. The summed E-state index contributed by atoms with van der Waals surface area (Å²) < 4.78 is 33.1. The zero-order valence-electron chi connectivity index (χ0n) is 14.5. The van der Waals surface area contributed by atoms with Crippen molar-refractivity contribution in [2.24, 2.45) is 0 Å². The van der Waals surface area contributed by atoms with E-state index in [0.717, 1.165) is 6.07 Å². The fourth-order valence-electron chi connectivity index (χ4n) is 3.19. The van der Waals surface area contributed by atoms with Gasteiger partial charge < -0.3 is 14.7 Å². The van der Waals surface area contributed by atoms with Crippen molar-refractivity contribution in [1.82, 2.24) is 4.90 Å². The average Bonchev–Trinajstić information content (AvgIpc) is 2.67. The second kappa shape index (κ2) is 8.16. The average molecular weight is 375 g/mol. The zero-order valence-corrected chi connectivity index (χ0v) is 14.5. The maximum absolute atomic E-state index is 14.1. The first kappa shape index (κ1) is 18.8. The van der Waals surface area contributed by atoms with Crippen LogP contribution < -0.4 is 4.74 Å². The summed E-state index contributed by atoms with van der Waals surface area (Å²) in [4.78, 5) is 25.4. The van der Waals surface area contributed by atoms with Crippen molar-refractivity contribution in [3.05, 3.63) is 65.2 Å². The molecule has 1 N–H and O–H groups in total. The monoisotopic (exact) mass is 375 g/mol. The number of carboxylic acids is 1. The first-order chi connectivity index (χ1) is 13.0. The Bertz CT molecular complexity index is 856. The molecule has 3 rings (SSSR count). The molecule has 1 aliphatic heterocycles. The quantitative estimate of drug-likeness (QED) is 0.841. The highest BCUT2D eigenvalue weighted by molar-refractivity contribution is 5.85. The van der Waals surface area contributed by atoms with Gasteiger partial charge in [-0.05, 0) is 18.6 Å². The van der Waals surface area contributed by atoms with Crippen molar-refractivity contribution in [3.63, 3.8) is 0 Å². The Balaban J connectivity index is 1.87. The number of ether oxygens (including phenoxy) is 1. The topological polar surface area (TPSA) is 66.8 Å². The van der Waals surface area contributed by atoms with Gasteiger partial charge in [0.15, 0.2) is 11.6 Å². The van der Waals surface area contributed by atoms with Crippen LogP contribution in [0.25, 0.3) is 0 Å². The number of hydrogen-bond donors (Lipinski definition) is 1. The first-order valence-electron chi connectivity index (χ1n) is 8.62. The van der Waals surface area contributed by atoms with Gasteiger partial charge >= 0.3 is 5.97 Å². The third-order valence-corrected chi connectivity index (χ3v) is 4.56. The lowest BCUT2D eigenvalue weighted by molar-refractivity contribution is -0.139. The molecule has 0 spiro atoms. The Morgan fingerprint density at radius 2 is 1.93 bits per heavy atom. The molecule has 0 bridgehead atoms. The maximum atomic E-state index is 14.1. The molecule has 1 atom stereocenters. The summed E-state index contributed by atoms with van der Waals surface area (Å²) in [5.74, 6) is -3.33. The van der Waals surface area contributed by atoms with Gasteiger partial charge in [-0.2, -0.15) is 0 Å². The van der Waals surface area contributed by atoms with E-state index in [2.05, 4.69) is 0 Å². The molecule has 0 aromatic heterocycles. The number of amides is 1. The van der Waals surface area contributed by atoms with E-state index >= 15 is 0 Å². The van der Waals surface area contributed by atoms with Crippen molar-refractivity contribution >= 4 is 11.9 Å². The van der Waals surface area contributed by atoms with Crippen LogP contribution >= 0.6 is 0 Å². The summed E-state index contributed by atoms with van der Waals surface area (Å²) in [6, 6.07) is 10.9. The highest BCUT2D eigenvalue weighted by Crippen LogP contribution is 2.35. The molecule has 7 heteroatoms. The molecular formula is C20H19F2NO4. The van der Waals surface area contributed by atoms with Crippen LogP contribution in [0.2, 0.25) is 0 Å². The molecule has 1 amide bonds. The van der Waals surface area contributed by atoms with Crippen molar-refractivity contribution in [1.29, 1.82) is 0 Å². The maximum Gasteiger partial charge on any atom is 0.305 e. The summed E-state index contributed by atoms with van der Waals surface area (Å²) >= 11 is 0. The molecule has 0 radical (unpaired) electrons. The van der Waals surface area contributed by atoms with E-state index in [9.17, 15) is 18.4 Å². The Labute approximate surface area is 155 Å². The van der Waals surface area contributed by atoms with Crippen LogP contribution in [0.5, 0.6) is 5.75 Å². The summed E-state index contributed by atoms with van der Waals surface area (Å²) in [7, 11) is 0. The van der Waals surface area contributed by atoms with E-state index in [0.29, 0.717) is 24.3 Å². The van der Waals surface area contributed by atoms with Gasteiger partial charge in [-0.3, -0.25) is 9.59 Å². The van der Waals surface area contributed by atoms with E-state index in [1.54, 1.807) is 24.3 Å². The molecule has 0 saturated carbocycles. The predicted molar refractivity (Wildman–Crippen MR) is 93.3 cm³/mol. The van der Waals surface area contributed by atoms with E-state index < -0.39 is 23.5 Å². The highest BCUT2D eigenvalue weighted by Gasteiger charge is 2.31. The number of carbonyl (C=O) groups excluding carboxylic acids is 1. The van der Waals surface area contributed by atoms with Gasteiger partial charge in [0.05, 0.1) is 18.9 Å². The SMILES string of the molecule is O=C(O)CCN(Cc1cccc(F)c1F)C(=O)[C@H]1CCOc2ccccc21. The summed E-state index contributed by atoms with van der Waals surface area (Å²) in [6.45, 7) is 0.0629. The molecule has 2 aromatic rings. The second-order valence-electron chi connectivity index (χ2n) is 6.34.